The van der Waals surface area contributed by atoms with E-state index in [1.807, 2.05) is 0 Å². The quantitative estimate of drug-likeness (QED) is 0.883. The van der Waals surface area contributed by atoms with Gasteiger partial charge in [-0.3, -0.25) is 9.78 Å². The largest absolute Gasteiger partial charge is 0.318 e. The maximum Gasteiger partial charge on any atom is 0.274 e. The molecule has 2 aromatic rings. The molecule has 0 aliphatic heterocycles. The van der Waals surface area contributed by atoms with E-state index >= 15 is 0 Å². The van der Waals surface area contributed by atoms with Crippen LogP contribution in [0.25, 0.3) is 0 Å². The van der Waals surface area contributed by atoms with Crippen LogP contribution in [-0.2, 0) is 9.05 Å². The Kier molecular flexibility index (Phi) is 4.01. The Bertz CT molecular complexity index is 751. The van der Waals surface area contributed by atoms with Crippen molar-refractivity contribution < 1.29 is 17.6 Å². The van der Waals surface area contributed by atoms with E-state index in [0.717, 1.165) is 18.2 Å². The van der Waals surface area contributed by atoms with Gasteiger partial charge in [0, 0.05) is 16.9 Å². The zero-order chi connectivity index (χ0) is 14.8. The third-order valence-corrected chi connectivity index (χ3v) is 3.72. The van der Waals surface area contributed by atoms with Crippen LogP contribution in [0.2, 0.25) is 0 Å². The number of nitrogens with one attached hydrogen (secondary N) is 1. The Hall–Kier alpha value is -1.99. The fourth-order valence-electron chi connectivity index (χ4n) is 1.43. The van der Waals surface area contributed by atoms with Crippen LogP contribution in [0.1, 0.15) is 10.5 Å². The number of aromatic nitrogens is 1. The predicted molar refractivity (Wildman–Crippen MR) is 71.6 cm³/mol. The zero-order valence-electron chi connectivity index (χ0n) is 9.88. The highest BCUT2D eigenvalue weighted by Crippen LogP contribution is 2.21. The van der Waals surface area contributed by atoms with Gasteiger partial charge in [-0.2, -0.15) is 0 Å². The first kappa shape index (κ1) is 14.4. The zero-order valence-corrected chi connectivity index (χ0v) is 11.5. The molecule has 0 radical (unpaired) electrons. The minimum absolute atomic E-state index is 0.112. The molecule has 0 fully saturated rings. The molecule has 8 heteroatoms. The molecule has 0 aliphatic rings. The van der Waals surface area contributed by atoms with Crippen LogP contribution in [0.4, 0.5) is 10.1 Å². The van der Waals surface area contributed by atoms with Gasteiger partial charge in [0.2, 0.25) is 0 Å². The highest BCUT2D eigenvalue weighted by molar-refractivity contribution is 8.13. The van der Waals surface area contributed by atoms with Crippen molar-refractivity contribution in [3.05, 3.63) is 54.1 Å². The van der Waals surface area contributed by atoms with Crippen molar-refractivity contribution in [2.75, 3.05) is 5.32 Å². The number of hydrogen-bond acceptors (Lipinski definition) is 4. The van der Waals surface area contributed by atoms with Crippen molar-refractivity contribution >= 4 is 31.3 Å². The molecule has 1 amide bonds. The first-order chi connectivity index (χ1) is 9.38. The van der Waals surface area contributed by atoms with Gasteiger partial charge in [-0.15, -0.1) is 0 Å². The molecule has 1 aromatic carbocycles. The molecule has 0 atom stereocenters. The minimum atomic E-state index is -4.02. The Morgan fingerprint density at radius 2 is 2.00 bits per heavy atom. The Morgan fingerprint density at radius 1 is 1.25 bits per heavy atom. The van der Waals surface area contributed by atoms with E-state index in [9.17, 15) is 17.6 Å². The topological polar surface area (TPSA) is 76.1 Å². The predicted octanol–water partition coefficient (Wildman–Crippen LogP) is 2.40. The molecule has 2 rings (SSSR count). The number of pyridine rings is 1. The third-order valence-electron chi connectivity index (χ3n) is 2.37. The van der Waals surface area contributed by atoms with Gasteiger partial charge in [0.25, 0.3) is 15.0 Å². The maximum absolute atomic E-state index is 13.7. The van der Waals surface area contributed by atoms with E-state index in [1.54, 1.807) is 12.1 Å². The molecule has 0 spiro atoms. The minimum Gasteiger partial charge on any atom is -0.318 e. The standard InChI is InChI=1S/C12H8ClFN2O3S/c13-20(18,19)8-4-5-10(9(14)7-8)16-12(17)11-3-1-2-6-15-11/h1-7H,(H,16,17). The van der Waals surface area contributed by atoms with Gasteiger partial charge in [-0.1, -0.05) is 6.07 Å². The number of hydrogen-bond donors (Lipinski definition) is 1. The average Bonchev–Trinajstić information content (AvgIpc) is 2.41. The van der Waals surface area contributed by atoms with Crippen LogP contribution in [0.5, 0.6) is 0 Å². The molecule has 1 aromatic heterocycles. The van der Waals surface area contributed by atoms with E-state index in [0.29, 0.717) is 0 Å². The van der Waals surface area contributed by atoms with Crippen molar-refractivity contribution in [3.8, 4) is 0 Å². The van der Waals surface area contributed by atoms with Crippen LogP contribution >= 0.6 is 10.7 Å². The third kappa shape index (κ3) is 3.31. The van der Waals surface area contributed by atoms with Crippen LogP contribution in [0.3, 0.4) is 0 Å². The van der Waals surface area contributed by atoms with Crippen molar-refractivity contribution in [2.45, 2.75) is 4.90 Å². The Morgan fingerprint density at radius 3 is 2.55 bits per heavy atom. The lowest BCUT2D eigenvalue weighted by Crippen LogP contribution is -2.14. The van der Waals surface area contributed by atoms with Gasteiger partial charge < -0.3 is 5.32 Å². The van der Waals surface area contributed by atoms with Gasteiger partial charge >= 0.3 is 0 Å². The van der Waals surface area contributed by atoms with Crippen molar-refractivity contribution in [2.24, 2.45) is 0 Å². The summed E-state index contributed by atoms with van der Waals surface area (Å²) in [4.78, 5) is 15.2. The highest BCUT2D eigenvalue weighted by Gasteiger charge is 2.15. The summed E-state index contributed by atoms with van der Waals surface area (Å²) in [6.07, 6.45) is 1.43. The second kappa shape index (κ2) is 5.56. The number of benzene rings is 1. The van der Waals surface area contributed by atoms with Gasteiger partial charge in [0.15, 0.2) is 0 Å². The van der Waals surface area contributed by atoms with Crippen molar-refractivity contribution in [1.29, 1.82) is 0 Å². The second-order valence-corrected chi connectivity index (χ2v) is 6.31. The molecular weight excluding hydrogens is 307 g/mol. The lowest BCUT2D eigenvalue weighted by Gasteiger charge is -2.06. The first-order valence-electron chi connectivity index (χ1n) is 5.34. The van der Waals surface area contributed by atoms with E-state index in [4.69, 9.17) is 10.7 Å². The number of nitrogens with zero attached hydrogens (tertiary/aromatic N) is 1. The molecule has 20 heavy (non-hydrogen) atoms. The molecule has 0 saturated heterocycles. The first-order valence-corrected chi connectivity index (χ1v) is 7.65. The highest BCUT2D eigenvalue weighted by atomic mass is 35.7. The fourth-order valence-corrected chi connectivity index (χ4v) is 2.20. The molecule has 0 saturated carbocycles. The van der Waals surface area contributed by atoms with Crippen molar-refractivity contribution in [3.63, 3.8) is 0 Å². The number of rotatable bonds is 3. The molecule has 0 bridgehead atoms. The van der Waals surface area contributed by atoms with E-state index in [-0.39, 0.29) is 16.3 Å². The van der Waals surface area contributed by atoms with Gasteiger partial charge in [0.05, 0.1) is 10.6 Å². The molecule has 0 aliphatic carbocycles. The molecule has 5 nitrogen and oxygen atoms in total. The smallest absolute Gasteiger partial charge is 0.274 e. The molecule has 1 N–H and O–H groups in total. The van der Waals surface area contributed by atoms with E-state index < -0.39 is 20.8 Å². The van der Waals surface area contributed by atoms with Crippen LogP contribution in [0.15, 0.2) is 47.5 Å². The summed E-state index contributed by atoms with van der Waals surface area (Å²) >= 11 is 0. The summed E-state index contributed by atoms with van der Waals surface area (Å²) in [6, 6.07) is 7.66. The number of anilines is 1. The normalized spacial score (nSPS) is 11.1. The van der Waals surface area contributed by atoms with Gasteiger partial charge in [0.1, 0.15) is 11.5 Å². The van der Waals surface area contributed by atoms with Crippen LogP contribution < -0.4 is 5.32 Å². The van der Waals surface area contributed by atoms with Crippen LogP contribution in [-0.4, -0.2) is 19.3 Å². The second-order valence-electron chi connectivity index (χ2n) is 3.75. The maximum atomic E-state index is 13.7. The van der Waals surface area contributed by atoms with Crippen LogP contribution in [0, 0.1) is 5.82 Å². The molecule has 0 unspecified atom stereocenters. The number of amides is 1. The van der Waals surface area contributed by atoms with Gasteiger partial charge in [-0.25, -0.2) is 12.8 Å². The monoisotopic (exact) mass is 314 g/mol. The molecule has 104 valence electrons. The van der Waals surface area contributed by atoms with Crippen molar-refractivity contribution in [1.82, 2.24) is 4.98 Å². The summed E-state index contributed by atoms with van der Waals surface area (Å²) in [5.41, 5.74) is -0.0503. The number of halogens is 2. The summed E-state index contributed by atoms with van der Waals surface area (Å²) in [7, 11) is 1.08. The lowest BCUT2D eigenvalue weighted by molar-refractivity contribution is 0.102. The van der Waals surface area contributed by atoms with E-state index in [2.05, 4.69) is 10.3 Å². The summed E-state index contributed by atoms with van der Waals surface area (Å²) < 4.78 is 35.8. The lowest BCUT2D eigenvalue weighted by atomic mass is 10.3. The molecular formula is C12H8ClFN2O3S. The summed E-state index contributed by atoms with van der Waals surface area (Å²) in [6.45, 7) is 0. The van der Waals surface area contributed by atoms with E-state index in [1.165, 1.54) is 12.3 Å². The number of carbonyl (C=O) groups excluding carboxylic acids is 1. The summed E-state index contributed by atoms with van der Waals surface area (Å²) in [5.74, 6) is -1.51. The Labute approximate surface area is 118 Å². The van der Waals surface area contributed by atoms with Gasteiger partial charge in [-0.05, 0) is 30.3 Å². The fraction of sp³-hybridized carbons (Fsp3) is 0. The SMILES string of the molecule is O=C(Nc1ccc(S(=O)(=O)Cl)cc1F)c1ccccn1. The Balaban J connectivity index is 2.25. The number of carbonyl (C=O) groups is 1. The average molecular weight is 315 g/mol. The molecule has 1 heterocycles. The summed E-state index contributed by atoms with van der Waals surface area (Å²) in [5, 5.41) is 2.29.